The Hall–Kier alpha value is -3.87. The Kier molecular flexibility index (Phi) is 4.35. The van der Waals surface area contributed by atoms with E-state index in [1.165, 1.54) is 24.3 Å². The Balaban J connectivity index is 1.65. The van der Waals surface area contributed by atoms with Crippen molar-refractivity contribution in [2.75, 3.05) is 5.32 Å². The number of para-hydroxylation sites is 1. The van der Waals surface area contributed by atoms with Gasteiger partial charge in [-0.3, -0.25) is 0 Å². The number of anilines is 1. The maximum Gasteiger partial charge on any atom is 0.186 e. The van der Waals surface area contributed by atoms with E-state index < -0.39 is 0 Å². The molecule has 0 aliphatic heterocycles. The van der Waals surface area contributed by atoms with E-state index in [9.17, 15) is 8.78 Å². The summed E-state index contributed by atoms with van der Waals surface area (Å²) in [4.78, 5) is 4.80. The zero-order valence-electron chi connectivity index (χ0n) is 16.1. The summed E-state index contributed by atoms with van der Waals surface area (Å²) in [5, 5.41) is 12.9. The number of nitrogens with zero attached hydrogens (tertiary/aromatic N) is 4. The topological polar surface area (TPSA) is 55.1 Å². The Morgan fingerprint density at radius 2 is 1.53 bits per heavy atom. The number of aromatic nitrogens is 4. The van der Waals surface area contributed by atoms with Crippen LogP contribution < -0.4 is 5.32 Å². The molecule has 148 valence electrons. The molecule has 0 bridgehead atoms. The average Bonchev–Trinajstić information content (AvgIpc) is 3.19. The number of hydrogen-bond acceptors (Lipinski definition) is 4. The molecule has 2 aromatic heterocycles. The van der Waals surface area contributed by atoms with Crippen LogP contribution in [0.4, 0.5) is 14.6 Å². The summed E-state index contributed by atoms with van der Waals surface area (Å²) in [6.45, 7) is 1.99. The van der Waals surface area contributed by atoms with E-state index in [0.717, 1.165) is 22.0 Å². The lowest BCUT2D eigenvalue weighted by Crippen LogP contribution is -2.10. The van der Waals surface area contributed by atoms with Gasteiger partial charge in [0.15, 0.2) is 5.65 Å². The number of nitrogens with one attached hydrogen (secondary N) is 1. The van der Waals surface area contributed by atoms with Gasteiger partial charge in [0.05, 0.1) is 5.52 Å². The van der Waals surface area contributed by atoms with Crippen molar-refractivity contribution in [2.45, 2.75) is 13.0 Å². The molecule has 5 rings (SSSR count). The summed E-state index contributed by atoms with van der Waals surface area (Å²) < 4.78 is 28.3. The molecule has 7 heteroatoms. The highest BCUT2D eigenvalue weighted by Gasteiger charge is 2.17. The Morgan fingerprint density at radius 3 is 2.27 bits per heavy atom. The van der Waals surface area contributed by atoms with E-state index in [1.807, 2.05) is 31.2 Å². The van der Waals surface area contributed by atoms with Gasteiger partial charge in [-0.15, -0.1) is 5.10 Å². The smallest absolute Gasteiger partial charge is 0.186 e. The SMILES string of the molecule is C[C@@H](Nc1nc2c(-c3ccc(F)cc3)nnn2c2ccccc12)c1ccc(F)cc1. The molecule has 1 N–H and O–H groups in total. The minimum Gasteiger partial charge on any atom is -0.363 e. The van der Waals surface area contributed by atoms with Crippen LogP contribution in [-0.4, -0.2) is 19.8 Å². The van der Waals surface area contributed by atoms with E-state index in [-0.39, 0.29) is 17.7 Å². The fourth-order valence-electron chi connectivity index (χ4n) is 3.51. The molecule has 0 saturated carbocycles. The first-order valence-corrected chi connectivity index (χ1v) is 9.52. The number of hydrogen-bond donors (Lipinski definition) is 1. The first kappa shape index (κ1) is 18.2. The van der Waals surface area contributed by atoms with E-state index >= 15 is 0 Å². The van der Waals surface area contributed by atoms with Gasteiger partial charge in [0.1, 0.15) is 23.1 Å². The van der Waals surface area contributed by atoms with Crippen LogP contribution in [-0.2, 0) is 0 Å². The first-order chi connectivity index (χ1) is 14.6. The van der Waals surface area contributed by atoms with Gasteiger partial charge in [0.2, 0.25) is 0 Å². The lowest BCUT2D eigenvalue weighted by Gasteiger charge is -2.17. The van der Waals surface area contributed by atoms with Gasteiger partial charge in [-0.1, -0.05) is 29.5 Å². The van der Waals surface area contributed by atoms with E-state index in [1.54, 1.807) is 28.8 Å². The molecule has 2 heterocycles. The zero-order valence-corrected chi connectivity index (χ0v) is 16.1. The van der Waals surface area contributed by atoms with Crippen molar-refractivity contribution in [2.24, 2.45) is 0 Å². The second-order valence-electron chi connectivity index (χ2n) is 7.08. The predicted octanol–water partition coefficient (Wildman–Crippen LogP) is 5.40. The van der Waals surface area contributed by atoms with Crippen molar-refractivity contribution in [3.8, 4) is 11.3 Å². The van der Waals surface area contributed by atoms with Crippen LogP contribution in [0, 0.1) is 11.6 Å². The summed E-state index contributed by atoms with van der Waals surface area (Å²) in [6.07, 6.45) is 0. The first-order valence-electron chi connectivity index (χ1n) is 9.52. The molecule has 5 nitrogen and oxygen atoms in total. The van der Waals surface area contributed by atoms with Crippen molar-refractivity contribution in [1.29, 1.82) is 0 Å². The van der Waals surface area contributed by atoms with Crippen LogP contribution in [0.15, 0.2) is 72.8 Å². The monoisotopic (exact) mass is 401 g/mol. The Bertz CT molecular complexity index is 1340. The Labute approximate surface area is 171 Å². The molecule has 0 aliphatic rings. The third-order valence-corrected chi connectivity index (χ3v) is 5.09. The Morgan fingerprint density at radius 1 is 0.867 bits per heavy atom. The van der Waals surface area contributed by atoms with E-state index in [2.05, 4.69) is 15.6 Å². The molecule has 5 aromatic rings. The van der Waals surface area contributed by atoms with E-state index in [0.29, 0.717) is 17.2 Å². The number of fused-ring (bicyclic) bond motifs is 3. The van der Waals surface area contributed by atoms with Crippen LogP contribution in [0.1, 0.15) is 18.5 Å². The van der Waals surface area contributed by atoms with Gasteiger partial charge in [-0.25, -0.2) is 13.8 Å². The molecule has 0 amide bonds. The molecule has 3 aromatic carbocycles. The van der Waals surface area contributed by atoms with Crippen LogP contribution in [0.5, 0.6) is 0 Å². The highest BCUT2D eigenvalue weighted by Crippen LogP contribution is 2.30. The standard InChI is InChI=1S/C23H17F2N5/c1-14(15-6-10-17(24)11-7-15)26-22-19-4-2-3-5-20(19)30-23(27-22)21(28-29-30)16-8-12-18(25)13-9-16/h2-14H,1H3,(H,26,27)/t14-/m1/s1. The van der Waals surface area contributed by atoms with Crippen molar-refractivity contribution in [3.05, 3.63) is 90.0 Å². The number of rotatable bonds is 4. The minimum atomic E-state index is -0.316. The maximum atomic E-state index is 13.4. The minimum absolute atomic E-state index is 0.103. The summed E-state index contributed by atoms with van der Waals surface area (Å²) >= 11 is 0. The third-order valence-electron chi connectivity index (χ3n) is 5.09. The average molecular weight is 401 g/mol. The second kappa shape index (κ2) is 7.18. The molecule has 0 aliphatic carbocycles. The normalized spacial score (nSPS) is 12.4. The number of halogens is 2. The highest BCUT2D eigenvalue weighted by atomic mass is 19.1. The molecule has 30 heavy (non-hydrogen) atoms. The summed E-state index contributed by atoms with van der Waals surface area (Å²) in [7, 11) is 0. The summed E-state index contributed by atoms with van der Waals surface area (Å²) in [5.41, 5.74) is 3.64. The third kappa shape index (κ3) is 3.14. The van der Waals surface area contributed by atoms with Gasteiger partial charge in [-0.05, 0) is 61.0 Å². The van der Waals surface area contributed by atoms with Crippen LogP contribution in [0.25, 0.3) is 27.8 Å². The maximum absolute atomic E-state index is 13.4. The lowest BCUT2D eigenvalue weighted by molar-refractivity contribution is 0.626. The molecule has 0 fully saturated rings. The van der Waals surface area contributed by atoms with Gasteiger partial charge < -0.3 is 5.32 Å². The lowest BCUT2D eigenvalue weighted by atomic mass is 10.1. The molecular formula is C23H17F2N5. The van der Waals surface area contributed by atoms with Gasteiger partial charge >= 0.3 is 0 Å². The van der Waals surface area contributed by atoms with Gasteiger partial charge in [-0.2, -0.15) is 4.52 Å². The fourth-order valence-corrected chi connectivity index (χ4v) is 3.51. The fraction of sp³-hybridized carbons (Fsp3) is 0.0870. The summed E-state index contributed by atoms with van der Waals surface area (Å²) in [5.74, 6) is 0.0786. The van der Waals surface area contributed by atoms with Gasteiger partial charge in [0.25, 0.3) is 0 Å². The number of benzene rings is 3. The van der Waals surface area contributed by atoms with Crippen LogP contribution >= 0.6 is 0 Å². The molecule has 0 saturated heterocycles. The zero-order chi connectivity index (χ0) is 20.7. The molecule has 0 radical (unpaired) electrons. The highest BCUT2D eigenvalue weighted by molar-refractivity contribution is 5.93. The van der Waals surface area contributed by atoms with Crippen molar-refractivity contribution >= 4 is 22.4 Å². The molecule has 0 spiro atoms. The molecule has 1 atom stereocenters. The van der Waals surface area contributed by atoms with E-state index in [4.69, 9.17) is 4.98 Å². The predicted molar refractivity (Wildman–Crippen MR) is 112 cm³/mol. The quantitative estimate of drug-likeness (QED) is 0.438. The molecular weight excluding hydrogens is 384 g/mol. The van der Waals surface area contributed by atoms with Crippen molar-refractivity contribution in [1.82, 2.24) is 19.8 Å². The van der Waals surface area contributed by atoms with Gasteiger partial charge in [0, 0.05) is 17.0 Å². The van der Waals surface area contributed by atoms with Crippen LogP contribution in [0.3, 0.4) is 0 Å². The second-order valence-corrected chi connectivity index (χ2v) is 7.08. The van der Waals surface area contributed by atoms with Crippen molar-refractivity contribution in [3.63, 3.8) is 0 Å². The summed E-state index contributed by atoms with van der Waals surface area (Å²) in [6, 6.07) is 20.1. The van der Waals surface area contributed by atoms with Crippen LogP contribution in [0.2, 0.25) is 0 Å². The largest absolute Gasteiger partial charge is 0.363 e. The molecule has 0 unspecified atom stereocenters. The van der Waals surface area contributed by atoms with Crippen molar-refractivity contribution < 1.29 is 8.78 Å².